The van der Waals surface area contributed by atoms with Crippen molar-refractivity contribution in [3.8, 4) is 0 Å². The van der Waals surface area contributed by atoms with Crippen molar-refractivity contribution in [3.63, 3.8) is 0 Å². The Hall–Kier alpha value is -1.40. The van der Waals surface area contributed by atoms with Gasteiger partial charge in [0.15, 0.2) is 0 Å². The van der Waals surface area contributed by atoms with Gasteiger partial charge in [0, 0.05) is 12.1 Å². The zero-order valence-electron chi connectivity index (χ0n) is 12.2. The number of aromatic nitrogens is 2. The van der Waals surface area contributed by atoms with Crippen LogP contribution >= 0.6 is 11.5 Å². The second kappa shape index (κ2) is 7.56. The Morgan fingerprint density at radius 2 is 1.90 bits per heavy atom. The van der Waals surface area contributed by atoms with Crippen molar-refractivity contribution >= 4 is 11.5 Å². The van der Waals surface area contributed by atoms with E-state index in [-0.39, 0.29) is 6.04 Å². The molecule has 0 spiro atoms. The number of benzene rings is 1. The molecule has 0 bridgehead atoms. The lowest BCUT2D eigenvalue weighted by Crippen LogP contribution is -2.24. The summed E-state index contributed by atoms with van der Waals surface area (Å²) < 4.78 is 30.7. The molecule has 6 heteroatoms. The molecular formula is C15H19F2N3S. The normalized spacial score (nSPS) is 12.6. The second-order valence-corrected chi connectivity index (χ2v) is 5.71. The predicted molar refractivity (Wildman–Crippen MR) is 80.4 cm³/mol. The summed E-state index contributed by atoms with van der Waals surface area (Å²) >= 11 is 1.35. The van der Waals surface area contributed by atoms with Crippen molar-refractivity contribution in [3.05, 3.63) is 46.0 Å². The molecule has 1 aromatic carbocycles. The Bertz CT molecular complexity index is 566. The van der Waals surface area contributed by atoms with Gasteiger partial charge in [-0.2, -0.15) is 0 Å². The smallest absolute Gasteiger partial charge is 0.126 e. The zero-order valence-corrected chi connectivity index (χ0v) is 13.0. The molecule has 114 valence electrons. The van der Waals surface area contributed by atoms with E-state index >= 15 is 0 Å². The zero-order chi connectivity index (χ0) is 15.2. The SMILES string of the molecule is CCCNC(Cc1cc(F)cc(F)c1)c1snnc1CC. The van der Waals surface area contributed by atoms with Gasteiger partial charge in [0.2, 0.25) is 0 Å². The maximum atomic E-state index is 13.3. The van der Waals surface area contributed by atoms with E-state index in [0.29, 0.717) is 12.0 Å². The third-order valence-corrected chi connectivity index (χ3v) is 4.12. The number of nitrogens with one attached hydrogen (secondary N) is 1. The first-order chi connectivity index (χ1) is 10.1. The quantitative estimate of drug-likeness (QED) is 0.848. The Kier molecular flexibility index (Phi) is 5.76. The first-order valence-corrected chi connectivity index (χ1v) is 7.90. The Morgan fingerprint density at radius 3 is 2.52 bits per heavy atom. The van der Waals surface area contributed by atoms with Crippen molar-refractivity contribution in [1.82, 2.24) is 14.9 Å². The molecule has 0 saturated heterocycles. The van der Waals surface area contributed by atoms with Crippen LogP contribution in [0, 0.1) is 11.6 Å². The average molecular weight is 311 g/mol. The van der Waals surface area contributed by atoms with Gasteiger partial charge in [-0.3, -0.25) is 0 Å². The van der Waals surface area contributed by atoms with Gasteiger partial charge >= 0.3 is 0 Å². The Morgan fingerprint density at radius 1 is 1.19 bits per heavy atom. The van der Waals surface area contributed by atoms with Crippen LogP contribution in [-0.4, -0.2) is 16.1 Å². The fourth-order valence-electron chi connectivity index (χ4n) is 2.27. The third-order valence-electron chi connectivity index (χ3n) is 3.24. The molecule has 2 aromatic rings. The van der Waals surface area contributed by atoms with E-state index in [1.807, 2.05) is 6.92 Å². The summed E-state index contributed by atoms with van der Waals surface area (Å²) in [6.07, 6.45) is 2.31. The maximum Gasteiger partial charge on any atom is 0.126 e. The Labute approximate surface area is 127 Å². The largest absolute Gasteiger partial charge is 0.309 e. The topological polar surface area (TPSA) is 37.8 Å². The average Bonchev–Trinajstić information content (AvgIpc) is 2.90. The lowest BCUT2D eigenvalue weighted by Gasteiger charge is -2.18. The summed E-state index contributed by atoms with van der Waals surface area (Å²) in [5, 5.41) is 7.54. The van der Waals surface area contributed by atoms with Crippen molar-refractivity contribution < 1.29 is 8.78 Å². The highest BCUT2D eigenvalue weighted by atomic mass is 32.1. The minimum Gasteiger partial charge on any atom is -0.309 e. The van der Waals surface area contributed by atoms with Crippen molar-refractivity contribution in [2.75, 3.05) is 6.54 Å². The van der Waals surface area contributed by atoms with Crippen LogP contribution in [0.3, 0.4) is 0 Å². The molecule has 0 saturated carbocycles. The molecule has 2 rings (SSSR count). The summed E-state index contributed by atoms with van der Waals surface area (Å²) in [5.41, 5.74) is 1.59. The summed E-state index contributed by atoms with van der Waals surface area (Å²) in [7, 11) is 0. The number of hydrogen-bond donors (Lipinski definition) is 1. The van der Waals surface area contributed by atoms with Crippen LogP contribution in [0.2, 0.25) is 0 Å². The van der Waals surface area contributed by atoms with Gasteiger partial charge in [-0.05, 0) is 55.0 Å². The molecular weight excluding hydrogens is 292 g/mol. The van der Waals surface area contributed by atoms with Crippen molar-refractivity contribution in [2.24, 2.45) is 0 Å². The van der Waals surface area contributed by atoms with E-state index in [0.717, 1.165) is 36.0 Å². The van der Waals surface area contributed by atoms with Crippen LogP contribution < -0.4 is 5.32 Å². The molecule has 21 heavy (non-hydrogen) atoms. The standard InChI is InChI=1S/C15H19F2N3S/c1-3-5-18-14(15-13(4-2)19-20-21-15)8-10-6-11(16)9-12(17)7-10/h6-7,9,14,18H,3-5,8H2,1-2H3. The molecule has 1 aromatic heterocycles. The van der Waals surface area contributed by atoms with E-state index in [1.165, 1.54) is 23.7 Å². The monoisotopic (exact) mass is 311 g/mol. The lowest BCUT2D eigenvalue weighted by molar-refractivity contribution is 0.525. The van der Waals surface area contributed by atoms with Gasteiger partial charge in [0.05, 0.1) is 10.6 Å². The summed E-state index contributed by atoms with van der Waals surface area (Å²) in [4.78, 5) is 1.05. The molecule has 0 aliphatic carbocycles. The molecule has 0 aliphatic rings. The predicted octanol–water partition coefficient (Wildman–Crippen LogP) is 3.66. The molecule has 0 amide bonds. The highest BCUT2D eigenvalue weighted by molar-refractivity contribution is 7.05. The second-order valence-electron chi connectivity index (χ2n) is 4.93. The minimum absolute atomic E-state index is 0.0129. The van der Waals surface area contributed by atoms with Crippen molar-refractivity contribution in [1.29, 1.82) is 0 Å². The molecule has 1 N–H and O–H groups in total. The fourth-order valence-corrected chi connectivity index (χ4v) is 3.08. The van der Waals surface area contributed by atoms with E-state index in [9.17, 15) is 8.78 Å². The number of halogens is 2. The van der Waals surface area contributed by atoms with E-state index < -0.39 is 11.6 Å². The maximum absolute atomic E-state index is 13.3. The molecule has 0 radical (unpaired) electrons. The first kappa shape index (κ1) is 16.0. The van der Waals surface area contributed by atoms with Gasteiger partial charge in [-0.25, -0.2) is 8.78 Å². The molecule has 0 aliphatic heterocycles. The van der Waals surface area contributed by atoms with Gasteiger partial charge in [0.25, 0.3) is 0 Å². The minimum atomic E-state index is -0.544. The van der Waals surface area contributed by atoms with Crippen LogP contribution in [0.4, 0.5) is 8.78 Å². The summed E-state index contributed by atoms with van der Waals surface area (Å²) in [6, 6.07) is 3.64. The van der Waals surface area contributed by atoms with Gasteiger partial charge in [-0.1, -0.05) is 18.3 Å². The highest BCUT2D eigenvalue weighted by Crippen LogP contribution is 2.25. The molecule has 1 heterocycles. The number of hydrogen-bond acceptors (Lipinski definition) is 4. The van der Waals surface area contributed by atoms with E-state index in [1.54, 1.807) is 0 Å². The van der Waals surface area contributed by atoms with Crippen molar-refractivity contribution in [2.45, 2.75) is 39.2 Å². The first-order valence-electron chi connectivity index (χ1n) is 7.13. The van der Waals surface area contributed by atoms with Crippen LogP contribution in [-0.2, 0) is 12.8 Å². The molecule has 1 atom stereocenters. The van der Waals surface area contributed by atoms with E-state index in [2.05, 4.69) is 21.8 Å². The van der Waals surface area contributed by atoms with Crippen LogP contribution in [0.5, 0.6) is 0 Å². The van der Waals surface area contributed by atoms with Gasteiger partial charge in [-0.15, -0.1) is 5.10 Å². The van der Waals surface area contributed by atoms with Gasteiger partial charge in [0.1, 0.15) is 11.6 Å². The number of nitrogens with zero attached hydrogens (tertiary/aromatic N) is 2. The number of rotatable bonds is 7. The van der Waals surface area contributed by atoms with Crippen LogP contribution in [0.25, 0.3) is 0 Å². The summed E-state index contributed by atoms with van der Waals surface area (Å²) in [5.74, 6) is -1.09. The molecule has 0 fully saturated rings. The lowest BCUT2D eigenvalue weighted by atomic mass is 10.0. The molecule has 3 nitrogen and oxygen atoms in total. The third kappa shape index (κ3) is 4.28. The highest BCUT2D eigenvalue weighted by Gasteiger charge is 2.19. The Balaban J connectivity index is 2.23. The van der Waals surface area contributed by atoms with Crippen LogP contribution in [0.1, 0.15) is 42.4 Å². The fraction of sp³-hybridized carbons (Fsp3) is 0.467. The van der Waals surface area contributed by atoms with E-state index in [4.69, 9.17) is 0 Å². The number of aryl methyl sites for hydroxylation is 1. The summed E-state index contributed by atoms with van der Waals surface area (Å²) in [6.45, 7) is 4.94. The molecule has 1 unspecified atom stereocenters. The van der Waals surface area contributed by atoms with Gasteiger partial charge < -0.3 is 5.32 Å². The van der Waals surface area contributed by atoms with Crippen LogP contribution in [0.15, 0.2) is 18.2 Å².